The van der Waals surface area contributed by atoms with Crippen LogP contribution in [-0.4, -0.2) is 29.2 Å². The lowest BCUT2D eigenvalue weighted by Crippen LogP contribution is -2.25. The van der Waals surface area contributed by atoms with Crippen molar-refractivity contribution >= 4 is 22.7 Å². The number of fused-ring (bicyclic) bond motifs is 1. The second-order valence-corrected chi connectivity index (χ2v) is 5.91. The van der Waals surface area contributed by atoms with E-state index >= 15 is 0 Å². The second-order valence-electron chi connectivity index (χ2n) is 5.91. The number of anilines is 1. The summed E-state index contributed by atoms with van der Waals surface area (Å²) in [5.74, 6) is 0.602. The van der Waals surface area contributed by atoms with E-state index in [1.807, 2.05) is 30.3 Å². The average Bonchev–Trinajstić information content (AvgIpc) is 3.30. The number of nitrogens with zero attached hydrogens (tertiary/aromatic N) is 3. The molecule has 1 saturated heterocycles. The van der Waals surface area contributed by atoms with Gasteiger partial charge in [-0.05, 0) is 31.0 Å². The van der Waals surface area contributed by atoms with Crippen LogP contribution in [0.25, 0.3) is 11.0 Å². The predicted molar refractivity (Wildman–Crippen MR) is 90.9 cm³/mol. The number of hydrogen-bond donors (Lipinski definition) is 1. The Labute approximate surface area is 139 Å². The SMILES string of the molecule is O=C(NCc1coc2ccccc12)c1ccc(N2CCCC2)nn1. The predicted octanol–water partition coefficient (Wildman–Crippen LogP) is 2.75. The fourth-order valence-electron chi connectivity index (χ4n) is 3.00. The Bertz CT molecular complexity index is 851. The highest BCUT2D eigenvalue weighted by atomic mass is 16.3. The molecule has 0 bridgehead atoms. The first-order chi connectivity index (χ1) is 11.8. The molecule has 0 atom stereocenters. The fourth-order valence-corrected chi connectivity index (χ4v) is 3.00. The van der Waals surface area contributed by atoms with Gasteiger partial charge in [0.15, 0.2) is 11.5 Å². The molecule has 1 aliphatic heterocycles. The number of hydrogen-bond acceptors (Lipinski definition) is 5. The summed E-state index contributed by atoms with van der Waals surface area (Å²) < 4.78 is 5.47. The van der Waals surface area contributed by atoms with Crippen LogP contribution < -0.4 is 10.2 Å². The Hall–Kier alpha value is -2.89. The van der Waals surface area contributed by atoms with Gasteiger partial charge in [0.25, 0.3) is 5.91 Å². The zero-order chi connectivity index (χ0) is 16.4. The molecule has 0 unspecified atom stereocenters. The first-order valence-corrected chi connectivity index (χ1v) is 8.13. The molecule has 3 aromatic rings. The largest absolute Gasteiger partial charge is 0.464 e. The maximum absolute atomic E-state index is 12.3. The molecular weight excluding hydrogens is 304 g/mol. The van der Waals surface area contributed by atoms with Gasteiger partial charge < -0.3 is 14.6 Å². The quantitative estimate of drug-likeness (QED) is 0.800. The van der Waals surface area contributed by atoms with Crippen molar-refractivity contribution < 1.29 is 9.21 Å². The lowest BCUT2D eigenvalue weighted by molar-refractivity contribution is 0.0945. The molecule has 1 fully saturated rings. The van der Waals surface area contributed by atoms with Crippen LogP contribution in [0.5, 0.6) is 0 Å². The summed E-state index contributed by atoms with van der Waals surface area (Å²) in [6.45, 7) is 2.41. The summed E-state index contributed by atoms with van der Waals surface area (Å²) in [7, 11) is 0. The topological polar surface area (TPSA) is 71.3 Å². The normalized spacial score (nSPS) is 14.2. The van der Waals surface area contributed by atoms with Crippen molar-refractivity contribution in [2.45, 2.75) is 19.4 Å². The summed E-state index contributed by atoms with van der Waals surface area (Å²) in [5, 5.41) is 12.1. The van der Waals surface area contributed by atoms with Crippen molar-refractivity contribution in [1.29, 1.82) is 0 Å². The van der Waals surface area contributed by atoms with Gasteiger partial charge in [-0.1, -0.05) is 18.2 Å². The zero-order valence-electron chi connectivity index (χ0n) is 13.2. The molecule has 3 heterocycles. The minimum atomic E-state index is -0.235. The van der Waals surface area contributed by atoms with Gasteiger partial charge in [0, 0.05) is 30.6 Å². The van der Waals surface area contributed by atoms with Crippen LogP contribution in [0.1, 0.15) is 28.9 Å². The van der Waals surface area contributed by atoms with E-state index < -0.39 is 0 Å². The van der Waals surface area contributed by atoms with Crippen LogP contribution in [-0.2, 0) is 6.54 Å². The Morgan fingerprint density at radius 1 is 1.12 bits per heavy atom. The summed E-state index contributed by atoms with van der Waals surface area (Å²) in [6.07, 6.45) is 4.04. The van der Waals surface area contributed by atoms with E-state index in [4.69, 9.17) is 4.42 Å². The molecule has 1 N–H and O–H groups in total. The monoisotopic (exact) mass is 322 g/mol. The van der Waals surface area contributed by atoms with E-state index in [9.17, 15) is 4.79 Å². The summed E-state index contributed by atoms with van der Waals surface area (Å²) in [4.78, 5) is 14.4. The fraction of sp³-hybridized carbons (Fsp3) is 0.278. The molecule has 4 rings (SSSR count). The standard InChI is InChI=1S/C18H18N4O2/c23-18(15-7-8-17(21-20-15)22-9-3-4-10-22)19-11-13-12-24-16-6-2-1-5-14(13)16/h1-2,5-8,12H,3-4,9-11H2,(H,19,23). The third-order valence-corrected chi connectivity index (χ3v) is 4.31. The van der Waals surface area contributed by atoms with Crippen molar-refractivity contribution in [1.82, 2.24) is 15.5 Å². The first kappa shape index (κ1) is 14.7. The summed E-state index contributed by atoms with van der Waals surface area (Å²) in [6, 6.07) is 11.3. The number of aromatic nitrogens is 2. The highest BCUT2D eigenvalue weighted by Crippen LogP contribution is 2.20. The van der Waals surface area contributed by atoms with Crippen molar-refractivity contribution in [3.05, 3.63) is 53.9 Å². The number of para-hydroxylation sites is 1. The van der Waals surface area contributed by atoms with Gasteiger partial charge in [0.05, 0.1) is 6.26 Å². The van der Waals surface area contributed by atoms with Crippen molar-refractivity contribution in [2.24, 2.45) is 0 Å². The summed E-state index contributed by atoms with van der Waals surface area (Å²) >= 11 is 0. The molecule has 0 spiro atoms. The molecule has 24 heavy (non-hydrogen) atoms. The molecule has 0 radical (unpaired) electrons. The van der Waals surface area contributed by atoms with Crippen LogP contribution in [0, 0.1) is 0 Å². The summed E-state index contributed by atoms with van der Waals surface area (Å²) in [5.41, 5.74) is 2.09. The number of amides is 1. The van der Waals surface area contributed by atoms with Gasteiger partial charge in [-0.25, -0.2) is 0 Å². The molecule has 6 heteroatoms. The number of nitrogens with one attached hydrogen (secondary N) is 1. The van der Waals surface area contributed by atoms with Crippen molar-refractivity contribution in [3.63, 3.8) is 0 Å². The lowest BCUT2D eigenvalue weighted by atomic mass is 10.2. The molecule has 1 aromatic carbocycles. The molecule has 0 aliphatic carbocycles. The molecule has 6 nitrogen and oxygen atoms in total. The van der Waals surface area contributed by atoms with E-state index in [-0.39, 0.29) is 5.91 Å². The highest BCUT2D eigenvalue weighted by Gasteiger charge is 2.15. The molecule has 0 saturated carbocycles. The van der Waals surface area contributed by atoms with E-state index in [2.05, 4.69) is 20.4 Å². The second kappa shape index (κ2) is 6.31. The van der Waals surface area contributed by atoms with Gasteiger partial charge in [-0.3, -0.25) is 4.79 Å². The zero-order valence-corrected chi connectivity index (χ0v) is 13.2. The number of rotatable bonds is 4. The van der Waals surface area contributed by atoms with Gasteiger partial charge in [-0.15, -0.1) is 10.2 Å². The molecular formula is C18H18N4O2. The van der Waals surface area contributed by atoms with Gasteiger partial charge in [0.2, 0.25) is 0 Å². The Morgan fingerprint density at radius 3 is 2.75 bits per heavy atom. The molecule has 2 aromatic heterocycles. The number of carbonyl (C=O) groups excluding carboxylic acids is 1. The van der Waals surface area contributed by atoms with E-state index in [0.29, 0.717) is 12.2 Å². The Balaban J connectivity index is 1.42. The van der Waals surface area contributed by atoms with E-state index in [1.54, 1.807) is 12.3 Å². The maximum atomic E-state index is 12.3. The molecule has 122 valence electrons. The van der Waals surface area contributed by atoms with Crippen molar-refractivity contribution in [3.8, 4) is 0 Å². The molecule has 1 amide bonds. The van der Waals surface area contributed by atoms with Crippen LogP contribution >= 0.6 is 0 Å². The first-order valence-electron chi connectivity index (χ1n) is 8.13. The maximum Gasteiger partial charge on any atom is 0.272 e. The Morgan fingerprint density at radius 2 is 1.96 bits per heavy atom. The minimum Gasteiger partial charge on any atom is -0.464 e. The lowest BCUT2D eigenvalue weighted by Gasteiger charge is -2.15. The van der Waals surface area contributed by atoms with Crippen molar-refractivity contribution in [2.75, 3.05) is 18.0 Å². The van der Waals surface area contributed by atoms with E-state index in [1.165, 1.54) is 12.8 Å². The van der Waals surface area contributed by atoms with Crippen LogP contribution in [0.4, 0.5) is 5.82 Å². The average molecular weight is 322 g/mol. The molecule has 1 aliphatic rings. The smallest absolute Gasteiger partial charge is 0.272 e. The number of furan rings is 1. The number of benzene rings is 1. The third-order valence-electron chi connectivity index (χ3n) is 4.31. The van der Waals surface area contributed by atoms with Crippen LogP contribution in [0.15, 0.2) is 47.1 Å². The van der Waals surface area contributed by atoms with Gasteiger partial charge in [-0.2, -0.15) is 0 Å². The number of carbonyl (C=O) groups is 1. The Kier molecular flexibility index (Phi) is 3.86. The van der Waals surface area contributed by atoms with Crippen LogP contribution in [0.3, 0.4) is 0 Å². The van der Waals surface area contributed by atoms with Gasteiger partial charge >= 0.3 is 0 Å². The minimum absolute atomic E-state index is 0.235. The van der Waals surface area contributed by atoms with Gasteiger partial charge in [0.1, 0.15) is 5.58 Å². The highest BCUT2D eigenvalue weighted by molar-refractivity contribution is 5.92. The van der Waals surface area contributed by atoms with Crippen LogP contribution in [0.2, 0.25) is 0 Å². The van der Waals surface area contributed by atoms with E-state index in [0.717, 1.165) is 35.4 Å². The third kappa shape index (κ3) is 2.82.